The number of nitrogens with one attached hydrogen (secondary N) is 1. The first kappa shape index (κ1) is 17.8. The average Bonchev–Trinajstić information content (AvgIpc) is 2.40. The van der Waals surface area contributed by atoms with E-state index in [1.165, 1.54) is 6.07 Å². The molecule has 1 atom stereocenters. The van der Waals surface area contributed by atoms with Crippen molar-refractivity contribution < 1.29 is 13.2 Å². The quantitative estimate of drug-likeness (QED) is 0.867. The van der Waals surface area contributed by atoms with Crippen LogP contribution in [-0.4, -0.2) is 37.5 Å². The number of hydrogen-bond donors (Lipinski definition) is 1. The molecule has 0 aromatic heterocycles. The standard InChI is InChI=1S/C13H16BrF3N2.ClH/c14-10-2-1-9(7-11(10)15)12(8-13(16)17)19-5-3-18-4-6-19;/h1-2,7,12-13,18H,3-6,8H2;1H/t12-;/m1./s1. The molecule has 7 heteroatoms. The molecule has 20 heavy (non-hydrogen) atoms. The predicted molar refractivity (Wildman–Crippen MR) is 79.2 cm³/mol. The van der Waals surface area contributed by atoms with Crippen molar-refractivity contribution in [1.29, 1.82) is 0 Å². The second-order valence-electron chi connectivity index (χ2n) is 4.60. The molecule has 2 nitrogen and oxygen atoms in total. The molecular formula is C13H17BrClF3N2. The van der Waals surface area contributed by atoms with Gasteiger partial charge in [0.1, 0.15) is 5.82 Å². The van der Waals surface area contributed by atoms with E-state index in [0.717, 1.165) is 13.1 Å². The monoisotopic (exact) mass is 372 g/mol. The first-order valence-corrected chi connectivity index (χ1v) is 7.05. The van der Waals surface area contributed by atoms with Crippen molar-refractivity contribution in [3.8, 4) is 0 Å². The summed E-state index contributed by atoms with van der Waals surface area (Å²) in [6.07, 6.45) is -2.66. The topological polar surface area (TPSA) is 15.3 Å². The highest BCUT2D eigenvalue weighted by molar-refractivity contribution is 9.10. The third-order valence-electron chi connectivity index (χ3n) is 3.32. The van der Waals surface area contributed by atoms with Gasteiger partial charge >= 0.3 is 0 Å². The molecule has 1 saturated heterocycles. The van der Waals surface area contributed by atoms with E-state index in [9.17, 15) is 13.2 Å². The lowest BCUT2D eigenvalue weighted by molar-refractivity contribution is 0.0738. The highest BCUT2D eigenvalue weighted by Crippen LogP contribution is 2.29. The summed E-state index contributed by atoms with van der Waals surface area (Å²) < 4.78 is 39.5. The summed E-state index contributed by atoms with van der Waals surface area (Å²) in [6, 6.07) is 4.21. The van der Waals surface area contributed by atoms with Crippen LogP contribution in [0.15, 0.2) is 22.7 Å². The van der Waals surface area contributed by atoms with Gasteiger partial charge in [-0.1, -0.05) is 6.07 Å². The van der Waals surface area contributed by atoms with Gasteiger partial charge in [-0.25, -0.2) is 13.2 Å². The van der Waals surface area contributed by atoms with Gasteiger partial charge in [-0.05, 0) is 33.6 Å². The van der Waals surface area contributed by atoms with Crippen molar-refractivity contribution in [3.05, 3.63) is 34.1 Å². The second kappa shape index (κ2) is 8.22. The van der Waals surface area contributed by atoms with Gasteiger partial charge in [-0.3, -0.25) is 4.90 Å². The van der Waals surface area contributed by atoms with Crippen LogP contribution in [0.2, 0.25) is 0 Å². The molecule has 0 radical (unpaired) electrons. The maximum absolute atomic E-state index is 13.6. The zero-order valence-electron chi connectivity index (χ0n) is 10.8. The van der Waals surface area contributed by atoms with E-state index in [2.05, 4.69) is 21.2 Å². The Bertz CT molecular complexity index is 428. The second-order valence-corrected chi connectivity index (χ2v) is 5.46. The van der Waals surface area contributed by atoms with Crippen LogP contribution in [0.25, 0.3) is 0 Å². The van der Waals surface area contributed by atoms with Crippen molar-refractivity contribution in [2.75, 3.05) is 26.2 Å². The van der Waals surface area contributed by atoms with Crippen LogP contribution in [0.3, 0.4) is 0 Å². The summed E-state index contributed by atoms with van der Waals surface area (Å²) in [6.45, 7) is 2.96. The van der Waals surface area contributed by atoms with E-state index in [0.29, 0.717) is 23.1 Å². The number of rotatable bonds is 4. The lowest BCUT2D eigenvalue weighted by atomic mass is 10.0. The molecule has 2 rings (SSSR count). The fraction of sp³-hybridized carbons (Fsp3) is 0.538. The number of nitrogens with zero attached hydrogens (tertiary/aromatic N) is 1. The lowest BCUT2D eigenvalue weighted by Crippen LogP contribution is -2.45. The van der Waals surface area contributed by atoms with Crippen molar-refractivity contribution in [2.45, 2.75) is 18.9 Å². The Kier molecular flexibility index (Phi) is 7.29. The van der Waals surface area contributed by atoms with Crippen LogP contribution in [0, 0.1) is 5.82 Å². The number of hydrogen-bond acceptors (Lipinski definition) is 2. The smallest absolute Gasteiger partial charge is 0.240 e. The molecule has 1 N–H and O–H groups in total. The molecule has 0 bridgehead atoms. The third kappa shape index (κ3) is 4.62. The van der Waals surface area contributed by atoms with Crippen LogP contribution in [-0.2, 0) is 0 Å². The van der Waals surface area contributed by atoms with Gasteiger partial charge in [-0.15, -0.1) is 12.4 Å². The maximum atomic E-state index is 13.6. The Balaban J connectivity index is 0.00000200. The predicted octanol–water partition coefficient (Wildman–Crippen LogP) is 3.61. The highest BCUT2D eigenvalue weighted by Gasteiger charge is 2.25. The summed E-state index contributed by atoms with van der Waals surface area (Å²) in [5.74, 6) is -0.410. The Morgan fingerprint density at radius 2 is 1.90 bits per heavy atom. The molecule has 1 fully saturated rings. The SMILES string of the molecule is Cl.Fc1cc([C@@H](CC(F)F)N2CCNCC2)ccc1Br. The third-order valence-corrected chi connectivity index (χ3v) is 3.97. The molecule has 1 aromatic carbocycles. The minimum atomic E-state index is -2.40. The lowest BCUT2D eigenvalue weighted by Gasteiger charge is -2.35. The van der Waals surface area contributed by atoms with Gasteiger partial charge in [0, 0.05) is 38.6 Å². The Morgan fingerprint density at radius 3 is 2.45 bits per heavy atom. The zero-order chi connectivity index (χ0) is 13.8. The van der Waals surface area contributed by atoms with E-state index in [4.69, 9.17) is 0 Å². The van der Waals surface area contributed by atoms with E-state index in [1.54, 1.807) is 12.1 Å². The largest absolute Gasteiger partial charge is 0.314 e. The average molecular weight is 374 g/mol. The first-order valence-electron chi connectivity index (χ1n) is 6.26. The first-order chi connectivity index (χ1) is 9.08. The highest BCUT2D eigenvalue weighted by atomic mass is 79.9. The Hall–Kier alpha value is -0.300. The molecule has 1 aliphatic rings. The summed E-state index contributed by atoms with van der Waals surface area (Å²) in [4.78, 5) is 1.99. The Labute approximate surface area is 131 Å². The molecule has 0 amide bonds. The van der Waals surface area contributed by atoms with Crippen molar-refractivity contribution in [2.24, 2.45) is 0 Å². The normalized spacial score (nSPS) is 17.9. The number of halogens is 5. The molecule has 0 spiro atoms. The van der Waals surface area contributed by atoms with Crippen LogP contribution in [0.1, 0.15) is 18.0 Å². The zero-order valence-corrected chi connectivity index (χ0v) is 13.2. The summed E-state index contributed by atoms with van der Waals surface area (Å²) in [7, 11) is 0. The van der Waals surface area contributed by atoms with E-state index in [1.807, 2.05) is 4.90 Å². The van der Waals surface area contributed by atoms with Crippen molar-refractivity contribution in [3.63, 3.8) is 0 Å². The van der Waals surface area contributed by atoms with Crippen molar-refractivity contribution >= 4 is 28.3 Å². The summed E-state index contributed by atoms with van der Waals surface area (Å²) >= 11 is 3.08. The van der Waals surface area contributed by atoms with Gasteiger partial charge in [0.05, 0.1) is 4.47 Å². The molecule has 1 aliphatic heterocycles. The van der Waals surface area contributed by atoms with E-state index in [-0.39, 0.29) is 18.8 Å². The fourth-order valence-electron chi connectivity index (χ4n) is 2.38. The van der Waals surface area contributed by atoms with Crippen LogP contribution in [0.5, 0.6) is 0 Å². The van der Waals surface area contributed by atoms with E-state index < -0.39 is 18.3 Å². The minimum Gasteiger partial charge on any atom is -0.314 e. The van der Waals surface area contributed by atoms with Crippen LogP contribution in [0.4, 0.5) is 13.2 Å². The minimum absolute atomic E-state index is 0. The van der Waals surface area contributed by atoms with Crippen molar-refractivity contribution in [1.82, 2.24) is 10.2 Å². The van der Waals surface area contributed by atoms with Gasteiger partial charge in [-0.2, -0.15) is 0 Å². The van der Waals surface area contributed by atoms with Gasteiger partial charge in [0.15, 0.2) is 0 Å². The van der Waals surface area contributed by atoms with Gasteiger partial charge in [0.25, 0.3) is 0 Å². The van der Waals surface area contributed by atoms with E-state index >= 15 is 0 Å². The molecule has 0 saturated carbocycles. The number of piperazine rings is 1. The summed E-state index contributed by atoms with van der Waals surface area (Å²) in [5.41, 5.74) is 0.614. The van der Waals surface area contributed by atoms with Crippen LogP contribution >= 0.6 is 28.3 Å². The summed E-state index contributed by atoms with van der Waals surface area (Å²) in [5, 5.41) is 3.18. The molecule has 0 aliphatic carbocycles. The van der Waals surface area contributed by atoms with Gasteiger partial charge in [0.2, 0.25) is 6.43 Å². The number of benzene rings is 1. The molecule has 114 valence electrons. The Morgan fingerprint density at radius 1 is 1.25 bits per heavy atom. The molecular weight excluding hydrogens is 357 g/mol. The van der Waals surface area contributed by atoms with Crippen LogP contribution < -0.4 is 5.32 Å². The molecule has 1 aromatic rings. The molecule has 1 heterocycles. The molecule has 0 unspecified atom stereocenters. The maximum Gasteiger partial charge on any atom is 0.240 e. The number of alkyl halides is 2. The van der Waals surface area contributed by atoms with Gasteiger partial charge < -0.3 is 5.32 Å². The fourth-order valence-corrected chi connectivity index (χ4v) is 2.62.